The van der Waals surface area contributed by atoms with Crippen molar-refractivity contribution in [2.75, 3.05) is 5.75 Å². The molecule has 0 bridgehead atoms. The van der Waals surface area contributed by atoms with Crippen LogP contribution in [0.25, 0.3) is 23.0 Å². The first kappa shape index (κ1) is 18.9. The van der Waals surface area contributed by atoms with Gasteiger partial charge in [0.25, 0.3) is 17.5 Å². The maximum atomic E-state index is 12.2. The predicted molar refractivity (Wildman–Crippen MR) is 94.8 cm³/mol. The van der Waals surface area contributed by atoms with E-state index in [9.17, 15) is 18.5 Å². The van der Waals surface area contributed by atoms with Gasteiger partial charge in [0, 0.05) is 6.07 Å². The van der Waals surface area contributed by atoms with Crippen molar-refractivity contribution in [1.82, 2.24) is 20.2 Å². The highest BCUT2D eigenvalue weighted by Gasteiger charge is 2.24. The minimum absolute atomic E-state index is 0.00297. The van der Waals surface area contributed by atoms with Crippen molar-refractivity contribution in [2.45, 2.75) is 18.5 Å². The molecule has 0 fully saturated rings. The Labute approximate surface area is 158 Å². The van der Waals surface area contributed by atoms with E-state index in [2.05, 4.69) is 20.2 Å². The average Bonchev–Trinajstić information content (AvgIpc) is 3.11. The molecule has 0 amide bonds. The number of rotatable bonds is 6. The van der Waals surface area contributed by atoms with E-state index in [1.165, 1.54) is 18.2 Å². The zero-order valence-electron chi connectivity index (χ0n) is 13.9. The molecular formula is C15H12ClN5O5S. The van der Waals surface area contributed by atoms with Crippen LogP contribution in [0.15, 0.2) is 40.0 Å². The summed E-state index contributed by atoms with van der Waals surface area (Å²) >= 11 is 6.04. The van der Waals surface area contributed by atoms with Crippen LogP contribution >= 0.6 is 11.6 Å². The molecule has 12 heteroatoms. The Balaban J connectivity index is 2.07. The third kappa shape index (κ3) is 3.78. The summed E-state index contributed by atoms with van der Waals surface area (Å²) in [5.41, 5.74) is -0.170. The molecule has 0 N–H and O–H groups in total. The Bertz CT molecular complexity index is 1120. The van der Waals surface area contributed by atoms with Crippen LogP contribution in [0.1, 0.15) is 13.3 Å². The van der Waals surface area contributed by atoms with Gasteiger partial charge in [-0.05, 0) is 12.5 Å². The van der Waals surface area contributed by atoms with Crippen molar-refractivity contribution in [3.63, 3.8) is 0 Å². The molecule has 3 rings (SSSR count). The third-order valence-electron chi connectivity index (χ3n) is 3.43. The quantitative estimate of drug-likeness (QED) is 0.341. The lowest BCUT2D eigenvalue weighted by molar-refractivity contribution is -0.384. The fourth-order valence-corrected chi connectivity index (χ4v) is 3.59. The molecule has 2 aromatic heterocycles. The first-order valence-corrected chi connectivity index (χ1v) is 9.69. The molecule has 0 saturated carbocycles. The van der Waals surface area contributed by atoms with Crippen molar-refractivity contribution in [3.05, 3.63) is 45.6 Å². The van der Waals surface area contributed by atoms with Crippen molar-refractivity contribution in [2.24, 2.45) is 0 Å². The lowest BCUT2D eigenvalue weighted by Crippen LogP contribution is -2.11. The zero-order valence-corrected chi connectivity index (χ0v) is 15.4. The van der Waals surface area contributed by atoms with E-state index in [-0.39, 0.29) is 39.5 Å². The van der Waals surface area contributed by atoms with Crippen LogP contribution in [-0.2, 0) is 9.84 Å². The zero-order chi connectivity index (χ0) is 19.6. The molecule has 0 aliphatic rings. The molecule has 0 aliphatic carbocycles. The van der Waals surface area contributed by atoms with Crippen LogP contribution in [0.2, 0.25) is 5.02 Å². The van der Waals surface area contributed by atoms with Gasteiger partial charge < -0.3 is 4.42 Å². The lowest BCUT2D eigenvalue weighted by atomic mass is 10.2. The normalized spacial score (nSPS) is 11.5. The molecule has 2 heterocycles. The fraction of sp³-hybridized carbons (Fsp3) is 0.200. The van der Waals surface area contributed by atoms with Crippen molar-refractivity contribution in [3.8, 4) is 23.0 Å². The number of sulfone groups is 1. The summed E-state index contributed by atoms with van der Waals surface area (Å²) in [4.78, 5) is 18.3. The van der Waals surface area contributed by atoms with E-state index in [0.29, 0.717) is 6.42 Å². The van der Waals surface area contributed by atoms with Gasteiger partial charge >= 0.3 is 0 Å². The highest BCUT2D eigenvalue weighted by molar-refractivity contribution is 7.91. The minimum Gasteiger partial charge on any atom is -0.414 e. The third-order valence-corrected chi connectivity index (χ3v) is 5.41. The van der Waals surface area contributed by atoms with Gasteiger partial charge in [-0.2, -0.15) is 0 Å². The van der Waals surface area contributed by atoms with E-state index in [4.69, 9.17) is 16.0 Å². The highest BCUT2D eigenvalue weighted by atomic mass is 35.5. The van der Waals surface area contributed by atoms with Crippen molar-refractivity contribution in [1.29, 1.82) is 0 Å². The van der Waals surface area contributed by atoms with Crippen LogP contribution in [-0.4, -0.2) is 39.3 Å². The molecule has 27 heavy (non-hydrogen) atoms. The maximum absolute atomic E-state index is 12.2. The molecule has 1 aromatic carbocycles. The number of benzene rings is 1. The van der Waals surface area contributed by atoms with Crippen molar-refractivity contribution < 1.29 is 17.8 Å². The van der Waals surface area contributed by atoms with Gasteiger partial charge in [0.15, 0.2) is 5.69 Å². The van der Waals surface area contributed by atoms with Gasteiger partial charge in [-0.1, -0.05) is 30.7 Å². The summed E-state index contributed by atoms with van der Waals surface area (Å²) in [7, 11) is -3.68. The summed E-state index contributed by atoms with van der Waals surface area (Å²) in [5.74, 6) is -0.423. The van der Waals surface area contributed by atoms with Crippen LogP contribution in [0.5, 0.6) is 0 Å². The van der Waals surface area contributed by atoms with Gasteiger partial charge in [-0.15, -0.1) is 10.2 Å². The van der Waals surface area contributed by atoms with Gasteiger partial charge in [-0.25, -0.2) is 18.4 Å². The van der Waals surface area contributed by atoms with Crippen LogP contribution in [0.3, 0.4) is 0 Å². The molecule has 0 saturated heterocycles. The minimum atomic E-state index is -3.68. The predicted octanol–water partition coefficient (Wildman–Crippen LogP) is 2.94. The van der Waals surface area contributed by atoms with Crippen molar-refractivity contribution >= 4 is 27.1 Å². The number of nitro groups is 1. The highest BCUT2D eigenvalue weighted by Crippen LogP contribution is 2.32. The Morgan fingerprint density at radius 1 is 1.22 bits per heavy atom. The molecule has 0 radical (unpaired) electrons. The summed E-state index contributed by atoms with van der Waals surface area (Å²) in [6.45, 7) is 1.71. The second kappa shape index (κ2) is 7.37. The van der Waals surface area contributed by atoms with E-state index >= 15 is 0 Å². The number of aromatic nitrogens is 4. The average molecular weight is 410 g/mol. The van der Waals surface area contributed by atoms with Gasteiger partial charge in [0.1, 0.15) is 5.56 Å². The second-order valence-electron chi connectivity index (χ2n) is 5.35. The summed E-state index contributed by atoms with van der Waals surface area (Å²) in [5, 5.41) is 18.3. The maximum Gasteiger partial charge on any atom is 0.282 e. The van der Waals surface area contributed by atoms with Gasteiger partial charge in [-0.3, -0.25) is 10.1 Å². The second-order valence-corrected chi connectivity index (χ2v) is 7.76. The standard InChI is InChI=1S/C15H12ClN5O5S/c1-2-7-27(24,25)15-17-8-10(16)12(18-15)14-20-19-13(26-14)9-5-3-4-6-11(9)21(22)23/h3-6,8H,2,7H2,1H3. The monoisotopic (exact) mass is 409 g/mol. The molecule has 3 aromatic rings. The Morgan fingerprint density at radius 3 is 2.63 bits per heavy atom. The first-order valence-electron chi connectivity index (χ1n) is 7.66. The Hall–Kier alpha value is -2.92. The number of halogens is 1. The number of para-hydroxylation sites is 1. The summed E-state index contributed by atoms with van der Waals surface area (Å²) in [6.07, 6.45) is 1.52. The molecule has 0 aliphatic heterocycles. The molecule has 10 nitrogen and oxygen atoms in total. The topological polar surface area (TPSA) is 142 Å². The SMILES string of the molecule is CCCS(=O)(=O)c1ncc(Cl)c(-c2nnc(-c3ccccc3[N+](=O)[O-])o2)n1. The molecule has 140 valence electrons. The first-order chi connectivity index (χ1) is 12.8. The largest absolute Gasteiger partial charge is 0.414 e. The van der Waals surface area contributed by atoms with Crippen LogP contribution < -0.4 is 0 Å². The number of hydrogen-bond acceptors (Lipinski definition) is 9. The van der Waals surface area contributed by atoms with Gasteiger partial charge in [0.05, 0.1) is 21.9 Å². The van der Waals surface area contributed by atoms with Crippen LogP contribution in [0, 0.1) is 10.1 Å². The Kier molecular flexibility index (Phi) is 5.15. The number of hydrogen-bond donors (Lipinski definition) is 0. The molecule has 0 atom stereocenters. The van der Waals surface area contributed by atoms with E-state index in [0.717, 1.165) is 6.20 Å². The number of nitrogens with zero attached hydrogens (tertiary/aromatic N) is 5. The molecular weight excluding hydrogens is 398 g/mol. The smallest absolute Gasteiger partial charge is 0.282 e. The Morgan fingerprint density at radius 2 is 1.93 bits per heavy atom. The van der Waals surface area contributed by atoms with E-state index < -0.39 is 19.9 Å². The van der Waals surface area contributed by atoms with E-state index in [1.807, 2.05) is 0 Å². The molecule has 0 unspecified atom stereocenters. The van der Waals surface area contributed by atoms with Gasteiger partial charge in [0.2, 0.25) is 15.0 Å². The fourth-order valence-electron chi connectivity index (χ4n) is 2.25. The van der Waals surface area contributed by atoms with Crippen LogP contribution in [0.4, 0.5) is 5.69 Å². The lowest BCUT2D eigenvalue weighted by Gasteiger charge is -2.03. The number of nitro benzene ring substituents is 1. The van der Waals surface area contributed by atoms with E-state index in [1.54, 1.807) is 13.0 Å². The summed E-state index contributed by atoms with van der Waals surface area (Å²) in [6, 6.07) is 5.84. The summed E-state index contributed by atoms with van der Waals surface area (Å²) < 4.78 is 29.8. The molecule has 0 spiro atoms.